The van der Waals surface area contributed by atoms with Gasteiger partial charge in [0.2, 0.25) is 0 Å². The SMILES string of the molecule is O=C(NN=Cc1ccc(OCc2ccccc2)cc1)C(=O)Nc1ccc(Cl)c(Cl)c1. The summed E-state index contributed by atoms with van der Waals surface area (Å²) in [6.07, 6.45) is 1.42. The molecule has 6 nitrogen and oxygen atoms in total. The van der Waals surface area contributed by atoms with Gasteiger partial charge in [-0.05, 0) is 53.6 Å². The van der Waals surface area contributed by atoms with E-state index in [1.807, 2.05) is 30.3 Å². The Morgan fingerprint density at radius 2 is 1.63 bits per heavy atom. The Morgan fingerprint density at radius 1 is 0.900 bits per heavy atom. The fourth-order valence-corrected chi connectivity index (χ4v) is 2.67. The number of nitrogens with one attached hydrogen (secondary N) is 2. The maximum absolute atomic E-state index is 11.9. The molecule has 2 amide bonds. The van der Waals surface area contributed by atoms with E-state index in [2.05, 4.69) is 15.8 Å². The fraction of sp³-hybridized carbons (Fsp3) is 0.0455. The molecule has 0 spiro atoms. The van der Waals surface area contributed by atoms with Crippen LogP contribution in [0.2, 0.25) is 10.0 Å². The number of carbonyl (C=O) groups is 2. The summed E-state index contributed by atoms with van der Waals surface area (Å²) < 4.78 is 5.71. The van der Waals surface area contributed by atoms with E-state index < -0.39 is 11.8 Å². The Bertz CT molecular complexity index is 1050. The molecule has 30 heavy (non-hydrogen) atoms. The minimum atomic E-state index is -0.917. The molecule has 8 heteroatoms. The molecule has 0 saturated heterocycles. The second-order valence-corrected chi connectivity index (χ2v) is 6.94. The number of hydrogen-bond donors (Lipinski definition) is 2. The number of hydrazone groups is 1. The molecule has 0 aliphatic heterocycles. The van der Waals surface area contributed by atoms with Gasteiger partial charge in [-0.15, -0.1) is 0 Å². The zero-order valence-electron chi connectivity index (χ0n) is 15.6. The molecular weight excluding hydrogens is 425 g/mol. The zero-order chi connectivity index (χ0) is 21.3. The summed E-state index contributed by atoms with van der Waals surface area (Å²) >= 11 is 11.7. The van der Waals surface area contributed by atoms with E-state index in [1.165, 1.54) is 24.4 Å². The summed E-state index contributed by atoms with van der Waals surface area (Å²) in [5.74, 6) is -1.09. The Morgan fingerprint density at radius 3 is 2.33 bits per heavy atom. The largest absolute Gasteiger partial charge is 0.489 e. The third-order valence-corrected chi connectivity index (χ3v) is 4.63. The van der Waals surface area contributed by atoms with E-state index in [4.69, 9.17) is 27.9 Å². The molecule has 2 N–H and O–H groups in total. The number of anilines is 1. The summed E-state index contributed by atoms with van der Waals surface area (Å²) in [7, 11) is 0. The lowest BCUT2D eigenvalue weighted by Crippen LogP contribution is -2.32. The van der Waals surface area contributed by atoms with E-state index in [0.29, 0.717) is 23.1 Å². The lowest BCUT2D eigenvalue weighted by molar-refractivity contribution is -0.136. The molecule has 0 heterocycles. The number of hydrogen-bond acceptors (Lipinski definition) is 4. The van der Waals surface area contributed by atoms with Gasteiger partial charge >= 0.3 is 11.8 Å². The lowest BCUT2D eigenvalue weighted by atomic mass is 10.2. The first-order valence-corrected chi connectivity index (χ1v) is 9.63. The number of benzene rings is 3. The zero-order valence-corrected chi connectivity index (χ0v) is 17.2. The number of rotatable bonds is 6. The van der Waals surface area contributed by atoms with Gasteiger partial charge in [-0.1, -0.05) is 53.5 Å². The van der Waals surface area contributed by atoms with E-state index >= 15 is 0 Å². The standard InChI is InChI=1S/C22H17Cl2N3O3/c23-19-11-8-17(12-20(19)24)26-21(28)22(29)27-25-13-15-6-9-18(10-7-15)30-14-16-4-2-1-3-5-16/h1-13H,14H2,(H,26,28)(H,27,29). The van der Waals surface area contributed by atoms with Crippen LogP contribution in [0.3, 0.4) is 0 Å². The van der Waals surface area contributed by atoms with Crippen molar-refractivity contribution in [3.05, 3.63) is 94.0 Å². The second kappa shape index (κ2) is 10.4. The van der Waals surface area contributed by atoms with Crippen LogP contribution in [0.25, 0.3) is 0 Å². The summed E-state index contributed by atoms with van der Waals surface area (Å²) in [6, 6.07) is 21.5. The lowest BCUT2D eigenvalue weighted by Gasteiger charge is -2.06. The minimum absolute atomic E-state index is 0.268. The van der Waals surface area contributed by atoms with Crippen molar-refractivity contribution < 1.29 is 14.3 Å². The van der Waals surface area contributed by atoms with Crippen molar-refractivity contribution in [3.63, 3.8) is 0 Å². The number of halogens is 2. The molecule has 152 valence electrons. The van der Waals surface area contributed by atoms with Crippen molar-refractivity contribution in [3.8, 4) is 5.75 Å². The Balaban J connectivity index is 1.47. The summed E-state index contributed by atoms with van der Waals surface area (Å²) in [4.78, 5) is 23.7. The third-order valence-electron chi connectivity index (χ3n) is 3.89. The smallest absolute Gasteiger partial charge is 0.329 e. The van der Waals surface area contributed by atoms with Crippen LogP contribution in [0.1, 0.15) is 11.1 Å². The van der Waals surface area contributed by atoms with Crippen molar-refractivity contribution >= 4 is 46.9 Å². The molecule has 3 rings (SSSR count). The van der Waals surface area contributed by atoms with Gasteiger partial charge in [0, 0.05) is 5.69 Å². The van der Waals surface area contributed by atoms with Gasteiger partial charge in [0.05, 0.1) is 16.3 Å². The molecular formula is C22H17Cl2N3O3. The highest BCUT2D eigenvalue weighted by atomic mass is 35.5. The normalized spacial score (nSPS) is 10.6. The van der Waals surface area contributed by atoms with Gasteiger partial charge in [0.15, 0.2) is 0 Å². The monoisotopic (exact) mass is 441 g/mol. The fourth-order valence-electron chi connectivity index (χ4n) is 2.37. The molecule has 0 aliphatic carbocycles. The highest BCUT2D eigenvalue weighted by Gasteiger charge is 2.13. The first-order valence-electron chi connectivity index (χ1n) is 8.87. The molecule has 0 unspecified atom stereocenters. The first-order chi connectivity index (χ1) is 14.5. The average Bonchev–Trinajstić information content (AvgIpc) is 2.76. The van der Waals surface area contributed by atoms with E-state index in [-0.39, 0.29) is 5.02 Å². The third kappa shape index (κ3) is 6.34. The maximum Gasteiger partial charge on any atom is 0.329 e. The number of carbonyl (C=O) groups excluding carboxylic acids is 2. The summed E-state index contributed by atoms with van der Waals surface area (Å²) in [5.41, 5.74) is 4.32. The highest BCUT2D eigenvalue weighted by Crippen LogP contribution is 2.24. The first kappa shape index (κ1) is 21.4. The molecule has 0 fully saturated rings. The van der Waals surface area contributed by atoms with E-state index in [0.717, 1.165) is 11.1 Å². The van der Waals surface area contributed by atoms with Crippen molar-refractivity contribution in [2.45, 2.75) is 6.61 Å². The summed E-state index contributed by atoms with van der Waals surface area (Å²) in [5, 5.41) is 6.81. The Kier molecular flexibility index (Phi) is 7.43. The molecule has 0 bridgehead atoms. The topological polar surface area (TPSA) is 79.8 Å². The molecule has 0 aliphatic rings. The van der Waals surface area contributed by atoms with Crippen LogP contribution >= 0.6 is 23.2 Å². The molecule has 0 saturated carbocycles. The van der Waals surface area contributed by atoms with Gasteiger partial charge in [-0.2, -0.15) is 5.10 Å². The van der Waals surface area contributed by atoms with Crippen LogP contribution in [0.5, 0.6) is 5.75 Å². The minimum Gasteiger partial charge on any atom is -0.489 e. The second-order valence-electron chi connectivity index (χ2n) is 6.13. The maximum atomic E-state index is 11.9. The quantitative estimate of drug-likeness (QED) is 0.331. The molecule has 0 aromatic heterocycles. The number of amides is 2. The summed E-state index contributed by atoms with van der Waals surface area (Å²) in [6.45, 7) is 0.471. The highest BCUT2D eigenvalue weighted by molar-refractivity contribution is 6.42. The van der Waals surface area contributed by atoms with Crippen LogP contribution in [0, 0.1) is 0 Å². The van der Waals surface area contributed by atoms with Crippen LogP contribution in [-0.2, 0) is 16.2 Å². The predicted molar refractivity (Wildman–Crippen MR) is 118 cm³/mol. The van der Waals surface area contributed by atoms with Crippen LogP contribution in [0.15, 0.2) is 77.9 Å². The van der Waals surface area contributed by atoms with Gasteiger partial charge in [-0.25, -0.2) is 5.43 Å². The average molecular weight is 442 g/mol. The van der Waals surface area contributed by atoms with Gasteiger partial charge in [-0.3, -0.25) is 9.59 Å². The van der Waals surface area contributed by atoms with Crippen molar-refractivity contribution in [2.24, 2.45) is 5.10 Å². The van der Waals surface area contributed by atoms with Gasteiger partial charge in [0.1, 0.15) is 12.4 Å². The van der Waals surface area contributed by atoms with E-state index in [9.17, 15) is 9.59 Å². The van der Waals surface area contributed by atoms with Gasteiger partial charge in [0.25, 0.3) is 0 Å². The molecule has 0 radical (unpaired) electrons. The molecule has 0 atom stereocenters. The Labute approximate surface area is 183 Å². The van der Waals surface area contributed by atoms with Crippen molar-refractivity contribution in [1.82, 2.24) is 5.43 Å². The van der Waals surface area contributed by atoms with Crippen molar-refractivity contribution in [2.75, 3.05) is 5.32 Å². The van der Waals surface area contributed by atoms with Crippen LogP contribution < -0.4 is 15.5 Å². The van der Waals surface area contributed by atoms with E-state index in [1.54, 1.807) is 24.3 Å². The molecule has 3 aromatic carbocycles. The van der Waals surface area contributed by atoms with Crippen LogP contribution in [0.4, 0.5) is 5.69 Å². The van der Waals surface area contributed by atoms with Crippen LogP contribution in [-0.4, -0.2) is 18.0 Å². The predicted octanol–water partition coefficient (Wildman–Crippen LogP) is 4.66. The Hall–Kier alpha value is -3.35. The molecule has 3 aromatic rings. The number of nitrogens with zero attached hydrogens (tertiary/aromatic N) is 1. The number of ether oxygens (including phenoxy) is 1. The van der Waals surface area contributed by atoms with Gasteiger partial charge < -0.3 is 10.1 Å². The van der Waals surface area contributed by atoms with Crippen molar-refractivity contribution in [1.29, 1.82) is 0 Å².